The lowest BCUT2D eigenvalue weighted by Gasteiger charge is -2.14. The Kier molecular flexibility index (Phi) is 6.22. The van der Waals surface area contributed by atoms with Crippen LogP contribution in [0.5, 0.6) is 11.5 Å². The first-order valence-electron chi connectivity index (χ1n) is 11.9. The van der Waals surface area contributed by atoms with Crippen LogP contribution in [0.2, 0.25) is 5.02 Å². The number of pyridine rings is 3. The van der Waals surface area contributed by atoms with Crippen molar-refractivity contribution >= 4 is 45.7 Å². The summed E-state index contributed by atoms with van der Waals surface area (Å²) in [5, 5.41) is 10.0. The van der Waals surface area contributed by atoms with Crippen molar-refractivity contribution in [2.45, 2.75) is 6.18 Å². The maximum Gasteiger partial charge on any atom is 0.417 e. The summed E-state index contributed by atoms with van der Waals surface area (Å²) in [6.45, 7) is 0. The van der Waals surface area contributed by atoms with Crippen LogP contribution in [0.15, 0.2) is 66.4 Å². The van der Waals surface area contributed by atoms with Crippen molar-refractivity contribution in [2.75, 3.05) is 17.7 Å². The number of anilines is 3. The maximum absolute atomic E-state index is 13.7. The van der Waals surface area contributed by atoms with Gasteiger partial charge in [0.1, 0.15) is 27.6 Å². The highest BCUT2D eigenvalue weighted by molar-refractivity contribution is 6.36. The SMILES string of the molecule is CNc1cn2ncc(Oc3cnc4nc(Nc5cc(C(F)(F)F)cn(-c6cccnc6)c5=O)n(C)c4c3Cl)c2cn1. The fourth-order valence-electron chi connectivity index (χ4n) is 4.12. The van der Waals surface area contributed by atoms with Gasteiger partial charge in [-0.3, -0.25) is 14.3 Å². The predicted octanol–water partition coefficient (Wildman–Crippen LogP) is 4.81. The number of imidazole rings is 1. The Morgan fingerprint density at radius 3 is 2.63 bits per heavy atom. The molecule has 0 amide bonds. The Morgan fingerprint density at radius 1 is 1.07 bits per heavy atom. The molecule has 0 aromatic carbocycles. The number of fused-ring (bicyclic) bond motifs is 2. The highest BCUT2D eigenvalue weighted by Crippen LogP contribution is 2.37. The summed E-state index contributed by atoms with van der Waals surface area (Å²) in [5.41, 5.74) is -0.932. The highest BCUT2D eigenvalue weighted by atomic mass is 35.5. The standard InChI is InChI=1S/C25H18ClF3N10O2/c1-30-19-12-39-16(8-32-19)17(10-34-39)41-18-9-33-22-21(20(18)26)37(2)24(36-22)35-15-6-13(25(27,28)29)11-38(23(15)40)14-4-3-5-31-7-14/h3-12,30H,1-2H3,(H,33,35,36). The molecule has 0 aliphatic heterocycles. The highest BCUT2D eigenvalue weighted by Gasteiger charge is 2.33. The Morgan fingerprint density at radius 2 is 1.90 bits per heavy atom. The molecular formula is C25H18ClF3N10O2. The van der Waals surface area contributed by atoms with E-state index >= 15 is 0 Å². The van der Waals surface area contributed by atoms with E-state index in [1.54, 1.807) is 31.0 Å². The number of nitrogens with zero attached hydrogens (tertiary/aromatic N) is 8. The Labute approximate surface area is 233 Å². The number of alkyl halides is 3. The van der Waals surface area contributed by atoms with Crippen molar-refractivity contribution in [1.82, 2.24) is 38.7 Å². The summed E-state index contributed by atoms with van der Waals surface area (Å²) in [7, 11) is 3.30. The maximum atomic E-state index is 13.7. The Bertz CT molecular complexity index is 1990. The zero-order chi connectivity index (χ0) is 28.9. The van der Waals surface area contributed by atoms with E-state index in [0.29, 0.717) is 22.6 Å². The van der Waals surface area contributed by atoms with Gasteiger partial charge in [-0.05, 0) is 18.2 Å². The van der Waals surface area contributed by atoms with Crippen LogP contribution in [0.3, 0.4) is 0 Å². The monoisotopic (exact) mass is 582 g/mol. The fourth-order valence-corrected chi connectivity index (χ4v) is 4.42. The van der Waals surface area contributed by atoms with E-state index in [2.05, 4.69) is 35.7 Å². The van der Waals surface area contributed by atoms with Crippen LogP contribution in [0, 0.1) is 0 Å². The van der Waals surface area contributed by atoms with Gasteiger partial charge in [-0.25, -0.2) is 14.5 Å². The van der Waals surface area contributed by atoms with Gasteiger partial charge in [0, 0.05) is 26.5 Å². The summed E-state index contributed by atoms with van der Waals surface area (Å²) in [6, 6.07) is 3.70. The van der Waals surface area contributed by atoms with Crippen LogP contribution < -0.4 is 20.9 Å². The first-order valence-corrected chi connectivity index (χ1v) is 12.2. The zero-order valence-electron chi connectivity index (χ0n) is 21.2. The minimum atomic E-state index is -4.72. The molecule has 6 aromatic rings. The second-order valence-electron chi connectivity index (χ2n) is 8.72. The van der Waals surface area contributed by atoms with Gasteiger partial charge in [0.05, 0.1) is 42.2 Å². The molecule has 0 saturated heterocycles. The van der Waals surface area contributed by atoms with Crippen molar-refractivity contribution in [3.8, 4) is 17.2 Å². The van der Waals surface area contributed by atoms with E-state index < -0.39 is 17.3 Å². The topological polar surface area (TPSA) is 129 Å². The zero-order valence-corrected chi connectivity index (χ0v) is 21.9. The third-order valence-corrected chi connectivity index (χ3v) is 6.53. The van der Waals surface area contributed by atoms with Gasteiger partial charge in [0.25, 0.3) is 5.56 Å². The summed E-state index contributed by atoms with van der Waals surface area (Å²) >= 11 is 6.67. The molecule has 0 fully saturated rings. The number of hydrogen-bond acceptors (Lipinski definition) is 9. The van der Waals surface area contributed by atoms with E-state index in [4.69, 9.17) is 16.3 Å². The third-order valence-electron chi connectivity index (χ3n) is 6.17. The van der Waals surface area contributed by atoms with Crippen molar-refractivity contribution in [3.05, 3.63) is 82.5 Å². The molecular weight excluding hydrogens is 565 g/mol. The summed E-state index contributed by atoms with van der Waals surface area (Å²) in [5.74, 6) is 1.18. The molecule has 2 N–H and O–H groups in total. The molecule has 0 unspecified atom stereocenters. The second kappa shape index (κ2) is 9.78. The quantitative estimate of drug-likeness (QED) is 0.284. The van der Waals surface area contributed by atoms with Crippen LogP contribution in [-0.2, 0) is 13.2 Å². The van der Waals surface area contributed by atoms with E-state index in [1.165, 1.54) is 41.5 Å². The first kappa shape index (κ1) is 26.1. The molecule has 6 rings (SSSR count). The predicted molar refractivity (Wildman–Crippen MR) is 144 cm³/mol. The van der Waals surface area contributed by atoms with Crippen molar-refractivity contribution < 1.29 is 17.9 Å². The lowest BCUT2D eigenvalue weighted by molar-refractivity contribution is -0.137. The van der Waals surface area contributed by atoms with Gasteiger partial charge >= 0.3 is 6.18 Å². The summed E-state index contributed by atoms with van der Waals surface area (Å²) in [4.78, 5) is 30.0. The lowest BCUT2D eigenvalue weighted by atomic mass is 10.2. The van der Waals surface area contributed by atoms with Gasteiger partial charge in [-0.2, -0.15) is 23.3 Å². The molecule has 0 radical (unpaired) electrons. The molecule has 6 heterocycles. The van der Waals surface area contributed by atoms with E-state index in [1.807, 2.05) is 0 Å². The minimum Gasteiger partial charge on any atom is -0.450 e. The van der Waals surface area contributed by atoms with E-state index in [0.717, 1.165) is 16.8 Å². The molecule has 16 heteroatoms. The van der Waals surface area contributed by atoms with Gasteiger partial charge in [0.2, 0.25) is 5.95 Å². The molecule has 6 aromatic heterocycles. The summed E-state index contributed by atoms with van der Waals surface area (Å²) < 4.78 is 51.1. The number of ether oxygens (including phenoxy) is 1. The molecule has 0 bridgehead atoms. The Hall–Kier alpha value is -5.18. The first-order chi connectivity index (χ1) is 19.6. The number of halogens is 4. The van der Waals surface area contributed by atoms with Crippen molar-refractivity contribution in [1.29, 1.82) is 0 Å². The van der Waals surface area contributed by atoms with Crippen molar-refractivity contribution in [2.24, 2.45) is 7.05 Å². The lowest BCUT2D eigenvalue weighted by Crippen LogP contribution is -2.24. The van der Waals surface area contributed by atoms with E-state index in [-0.39, 0.29) is 33.7 Å². The van der Waals surface area contributed by atoms with Gasteiger partial charge in [0.15, 0.2) is 17.1 Å². The molecule has 0 atom stereocenters. The molecule has 0 aliphatic rings. The number of aromatic nitrogens is 8. The smallest absolute Gasteiger partial charge is 0.417 e. The van der Waals surface area contributed by atoms with Gasteiger partial charge in [-0.1, -0.05) is 11.6 Å². The molecule has 0 saturated carbocycles. The molecule has 208 valence electrons. The summed E-state index contributed by atoms with van der Waals surface area (Å²) in [6.07, 6.45) is 4.84. The van der Waals surface area contributed by atoms with Crippen LogP contribution in [-0.4, -0.2) is 45.7 Å². The van der Waals surface area contributed by atoms with E-state index in [9.17, 15) is 18.0 Å². The van der Waals surface area contributed by atoms with Crippen LogP contribution in [0.4, 0.5) is 30.6 Å². The van der Waals surface area contributed by atoms with Crippen molar-refractivity contribution in [3.63, 3.8) is 0 Å². The fraction of sp³-hybridized carbons (Fsp3) is 0.120. The molecule has 0 aliphatic carbocycles. The molecule has 0 spiro atoms. The Balaban J connectivity index is 1.39. The minimum absolute atomic E-state index is 0.0282. The number of nitrogens with one attached hydrogen (secondary N) is 2. The largest absolute Gasteiger partial charge is 0.450 e. The van der Waals surface area contributed by atoms with Gasteiger partial charge in [-0.15, -0.1) is 0 Å². The number of hydrogen-bond donors (Lipinski definition) is 2. The second-order valence-corrected chi connectivity index (χ2v) is 9.10. The third kappa shape index (κ3) is 4.65. The van der Waals surface area contributed by atoms with Crippen LogP contribution in [0.25, 0.3) is 22.4 Å². The van der Waals surface area contributed by atoms with Crippen LogP contribution >= 0.6 is 11.6 Å². The average Bonchev–Trinajstić information content (AvgIpc) is 3.51. The average molecular weight is 583 g/mol. The number of rotatable bonds is 6. The molecule has 41 heavy (non-hydrogen) atoms. The normalized spacial score (nSPS) is 11.8. The number of aryl methyl sites for hydroxylation is 1. The van der Waals surface area contributed by atoms with Crippen LogP contribution in [0.1, 0.15) is 5.56 Å². The molecule has 12 nitrogen and oxygen atoms in total. The van der Waals surface area contributed by atoms with Gasteiger partial charge < -0.3 is 19.9 Å².